The largest absolute Gasteiger partial charge is 0.481 e. The maximum absolute atomic E-state index is 10.9. The summed E-state index contributed by atoms with van der Waals surface area (Å²) in [5.41, 5.74) is 2.66. The highest BCUT2D eigenvalue weighted by atomic mass is 127. The van der Waals surface area contributed by atoms with Crippen LogP contribution in [0, 0.1) is 3.83 Å². The summed E-state index contributed by atoms with van der Waals surface area (Å²) >= 11 is 2.16. The predicted octanol–water partition coefficient (Wildman–Crippen LogP) is 3.98. The predicted molar refractivity (Wildman–Crippen MR) is 104 cm³/mol. The van der Waals surface area contributed by atoms with Crippen molar-refractivity contribution in [3.63, 3.8) is 0 Å². The number of hydrogen-bond donors (Lipinski definition) is 1. The summed E-state index contributed by atoms with van der Waals surface area (Å²) in [6.07, 6.45) is 3.03. The van der Waals surface area contributed by atoms with Crippen molar-refractivity contribution in [2.75, 3.05) is 0 Å². The highest BCUT2D eigenvalue weighted by Crippen LogP contribution is 2.43. The highest BCUT2D eigenvalue weighted by molar-refractivity contribution is 14.1. The zero-order valence-electron chi connectivity index (χ0n) is 13.7. The van der Waals surface area contributed by atoms with Gasteiger partial charge in [-0.2, -0.15) is 0 Å². The van der Waals surface area contributed by atoms with Crippen LogP contribution in [0.5, 0.6) is 0 Å². The first-order valence-electron chi connectivity index (χ1n) is 8.43. The van der Waals surface area contributed by atoms with E-state index >= 15 is 0 Å². The number of fused-ring (bicyclic) bond motifs is 1. The fourth-order valence-corrected chi connectivity index (χ4v) is 3.87. The lowest BCUT2D eigenvalue weighted by Gasteiger charge is -2.13. The molecule has 0 atom stereocenters. The monoisotopic (exact) mass is 447 g/mol. The molecule has 0 bridgehead atoms. The molecule has 4 rings (SSSR count). The van der Waals surface area contributed by atoms with Gasteiger partial charge in [-0.3, -0.25) is 4.79 Å². The maximum atomic E-state index is 10.9. The van der Waals surface area contributed by atoms with Crippen LogP contribution in [-0.4, -0.2) is 25.8 Å². The van der Waals surface area contributed by atoms with E-state index in [0.717, 1.165) is 9.66 Å². The van der Waals surface area contributed by atoms with E-state index < -0.39 is 5.97 Å². The van der Waals surface area contributed by atoms with Gasteiger partial charge < -0.3 is 9.67 Å². The number of aliphatic carboxylic acids is 1. The van der Waals surface area contributed by atoms with Gasteiger partial charge in [-0.25, -0.2) is 0 Å². The molecule has 0 aliphatic heterocycles. The van der Waals surface area contributed by atoms with Crippen LogP contribution in [0.1, 0.15) is 42.1 Å². The third-order valence-electron chi connectivity index (χ3n) is 4.74. The van der Waals surface area contributed by atoms with E-state index in [-0.39, 0.29) is 6.42 Å². The minimum Gasteiger partial charge on any atom is -0.481 e. The number of aromatic nitrogens is 3. The van der Waals surface area contributed by atoms with Crippen molar-refractivity contribution in [3.05, 3.63) is 57.2 Å². The molecule has 2 aromatic carbocycles. The van der Waals surface area contributed by atoms with E-state index in [1.807, 2.05) is 4.57 Å². The minimum atomic E-state index is -0.816. The molecule has 0 radical (unpaired) electrons. The van der Waals surface area contributed by atoms with Crippen molar-refractivity contribution < 1.29 is 9.90 Å². The quantitative estimate of drug-likeness (QED) is 0.581. The van der Waals surface area contributed by atoms with Crippen molar-refractivity contribution in [3.8, 4) is 0 Å². The summed E-state index contributed by atoms with van der Waals surface area (Å²) in [7, 11) is 0. The lowest BCUT2D eigenvalue weighted by Crippen LogP contribution is -2.09. The van der Waals surface area contributed by atoms with Gasteiger partial charge in [0.25, 0.3) is 0 Å². The molecule has 1 saturated carbocycles. The number of aryl methyl sites for hydroxylation is 1. The van der Waals surface area contributed by atoms with Crippen LogP contribution in [0.15, 0.2) is 36.4 Å². The van der Waals surface area contributed by atoms with Gasteiger partial charge in [0.2, 0.25) is 0 Å². The second-order valence-corrected chi connectivity index (χ2v) is 7.46. The van der Waals surface area contributed by atoms with Gasteiger partial charge in [0.05, 0.1) is 13.0 Å². The average molecular weight is 447 g/mol. The van der Waals surface area contributed by atoms with Crippen LogP contribution >= 0.6 is 22.6 Å². The number of carboxylic acids is 1. The maximum Gasteiger partial charge on any atom is 0.303 e. The second-order valence-electron chi connectivity index (χ2n) is 6.50. The molecule has 25 heavy (non-hydrogen) atoms. The summed E-state index contributed by atoms with van der Waals surface area (Å²) in [5, 5.41) is 19.8. The standard InChI is InChI=1S/C19H18IN3O2/c20-19-22-21-17(9-10-18(24)25)23(19)11-13-7-8-15(12-5-6-12)16-4-2-1-3-14(13)16/h1-4,7-8,12H,5-6,9-11H2,(H,24,25). The topological polar surface area (TPSA) is 68.0 Å². The Bertz CT molecular complexity index is 947. The average Bonchev–Trinajstić information content (AvgIpc) is 3.39. The summed E-state index contributed by atoms with van der Waals surface area (Å²) < 4.78 is 2.80. The Balaban J connectivity index is 1.71. The molecule has 0 amide bonds. The van der Waals surface area contributed by atoms with E-state index in [2.05, 4.69) is 69.2 Å². The van der Waals surface area contributed by atoms with Crippen LogP contribution in [0.4, 0.5) is 0 Å². The first kappa shape index (κ1) is 16.5. The molecule has 128 valence electrons. The van der Waals surface area contributed by atoms with Gasteiger partial charge in [-0.15, -0.1) is 10.2 Å². The molecule has 1 aromatic heterocycles. The van der Waals surface area contributed by atoms with Crippen molar-refractivity contribution in [1.29, 1.82) is 0 Å². The Labute approximate surface area is 159 Å². The fourth-order valence-electron chi connectivity index (χ4n) is 3.32. The Hall–Kier alpha value is -1.96. The SMILES string of the molecule is O=C(O)CCc1nnc(I)n1Cc1ccc(C2CC2)c2ccccc12. The van der Waals surface area contributed by atoms with E-state index in [1.54, 1.807) is 0 Å². The van der Waals surface area contributed by atoms with Gasteiger partial charge in [-0.05, 0) is 40.7 Å². The summed E-state index contributed by atoms with van der Waals surface area (Å²) in [6.45, 7) is 0.658. The molecule has 0 spiro atoms. The lowest BCUT2D eigenvalue weighted by molar-refractivity contribution is -0.137. The van der Waals surface area contributed by atoms with Crippen molar-refractivity contribution in [2.24, 2.45) is 0 Å². The zero-order chi connectivity index (χ0) is 17.4. The van der Waals surface area contributed by atoms with Crippen LogP contribution in [-0.2, 0) is 17.8 Å². The van der Waals surface area contributed by atoms with Crippen molar-refractivity contribution in [1.82, 2.24) is 14.8 Å². The number of benzene rings is 2. The summed E-state index contributed by atoms with van der Waals surface area (Å²) in [6, 6.07) is 13.0. The Kier molecular flexibility index (Phi) is 4.45. The molecule has 6 heteroatoms. The molecule has 0 unspecified atom stereocenters. The fraction of sp³-hybridized carbons (Fsp3) is 0.316. The highest BCUT2D eigenvalue weighted by Gasteiger charge is 2.25. The number of halogens is 1. The van der Waals surface area contributed by atoms with Crippen LogP contribution in [0.25, 0.3) is 10.8 Å². The van der Waals surface area contributed by atoms with E-state index in [9.17, 15) is 4.79 Å². The summed E-state index contributed by atoms with van der Waals surface area (Å²) in [5.74, 6) is 0.617. The molecule has 1 aliphatic carbocycles. The molecule has 5 nitrogen and oxygen atoms in total. The van der Waals surface area contributed by atoms with Gasteiger partial charge in [-0.1, -0.05) is 36.4 Å². The normalized spacial score (nSPS) is 14.1. The number of nitrogens with zero attached hydrogens (tertiary/aromatic N) is 3. The molecule has 3 aromatic rings. The van der Waals surface area contributed by atoms with Gasteiger partial charge >= 0.3 is 5.97 Å². The molecule has 1 N–H and O–H groups in total. The van der Waals surface area contributed by atoms with Crippen LogP contribution in [0.2, 0.25) is 0 Å². The van der Waals surface area contributed by atoms with E-state index in [1.165, 1.54) is 34.7 Å². The Morgan fingerprint density at radius 2 is 1.92 bits per heavy atom. The minimum absolute atomic E-state index is 0.0656. The Morgan fingerprint density at radius 1 is 1.16 bits per heavy atom. The van der Waals surface area contributed by atoms with Crippen molar-refractivity contribution >= 4 is 39.3 Å². The molecular weight excluding hydrogens is 429 g/mol. The third kappa shape index (κ3) is 3.40. The van der Waals surface area contributed by atoms with Crippen LogP contribution < -0.4 is 0 Å². The first-order valence-corrected chi connectivity index (χ1v) is 9.51. The molecule has 1 heterocycles. The molecule has 1 aliphatic rings. The molecule has 0 saturated heterocycles. The lowest BCUT2D eigenvalue weighted by atomic mass is 9.97. The number of hydrogen-bond acceptors (Lipinski definition) is 3. The smallest absolute Gasteiger partial charge is 0.303 e. The number of rotatable bonds is 6. The van der Waals surface area contributed by atoms with Crippen LogP contribution in [0.3, 0.4) is 0 Å². The van der Waals surface area contributed by atoms with Crippen molar-refractivity contribution in [2.45, 2.75) is 38.1 Å². The van der Waals surface area contributed by atoms with E-state index in [0.29, 0.717) is 18.9 Å². The Morgan fingerprint density at radius 3 is 2.64 bits per heavy atom. The number of carboxylic acid groups (broad SMARTS) is 1. The number of carbonyl (C=O) groups is 1. The first-order chi connectivity index (χ1) is 12.1. The third-order valence-corrected chi connectivity index (χ3v) is 5.54. The summed E-state index contributed by atoms with van der Waals surface area (Å²) in [4.78, 5) is 10.9. The van der Waals surface area contributed by atoms with E-state index in [4.69, 9.17) is 5.11 Å². The van der Waals surface area contributed by atoms with Gasteiger partial charge in [0, 0.05) is 29.0 Å². The van der Waals surface area contributed by atoms with Gasteiger partial charge in [0.15, 0.2) is 3.83 Å². The second kappa shape index (κ2) is 6.74. The zero-order valence-corrected chi connectivity index (χ0v) is 15.8. The molecular formula is C19H18IN3O2. The van der Waals surface area contributed by atoms with Gasteiger partial charge in [0.1, 0.15) is 5.82 Å². The molecule has 1 fully saturated rings.